The maximum atomic E-state index is 12.2. The molecule has 0 spiro atoms. The SMILES string of the molecule is O=C(/C=C/c1cccc2cccnc12)NCc1cnn(-c2ccccc2)c1. The Labute approximate surface area is 157 Å². The zero-order valence-corrected chi connectivity index (χ0v) is 14.6. The van der Waals surface area contributed by atoms with E-state index in [-0.39, 0.29) is 5.91 Å². The smallest absolute Gasteiger partial charge is 0.244 e. The molecule has 0 aliphatic rings. The molecule has 0 fully saturated rings. The molecular weight excluding hydrogens is 336 g/mol. The van der Waals surface area contributed by atoms with Crippen molar-refractivity contribution in [3.05, 3.63) is 96.5 Å². The maximum absolute atomic E-state index is 12.2. The third kappa shape index (κ3) is 3.93. The van der Waals surface area contributed by atoms with Gasteiger partial charge in [0.25, 0.3) is 0 Å². The van der Waals surface area contributed by atoms with Crippen LogP contribution in [0.15, 0.2) is 85.3 Å². The number of amides is 1. The molecule has 4 rings (SSSR count). The second kappa shape index (κ2) is 7.66. The summed E-state index contributed by atoms with van der Waals surface area (Å²) >= 11 is 0. The van der Waals surface area contributed by atoms with Crippen LogP contribution in [0.4, 0.5) is 0 Å². The second-order valence-corrected chi connectivity index (χ2v) is 6.10. The van der Waals surface area contributed by atoms with Gasteiger partial charge in [0.1, 0.15) is 0 Å². The highest BCUT2D eigenvalue weighted by Gasteiger charge is 2.03. The van der Waals surface area contributed by atoms with E-state index in [9.17, 15) is 4.79 Å². The predicted octanol–water partition coefficient (Wildman–Crippen LogP) is 3.75. The Morgan fingerprint density at radius 2 is 1.89 bits per heavy atom. The number of carbonyl (C=O) groups excluding carboxylic acids is 1. The summed E-state index contributed by atoms with van der Waals surface area (Å²) < 4.78 is 1.79. The molecule has 0 unspecified atom stereocenters. The van der Waals surface area contributed by atoms with Gasteiger partial charge >= 0.3 is 0 Å². The van der Waals surface area contributed by atoms with E-state index in [1.165, 1.54) is 6.08 Å². The molecule has 2 aromatic heterocycles. The number of hydrogen-bond donors (Lipinski definition) is 1. The molecule has 0 saturated heterocycles. The first-order valence-corrected chi connectivity index (χ1v) is 8.68. The van der Waals surface area contributed by atoms with Crippen LogP contribution < -0.4 is 5.32 Å². The fourth-order valence-electron chi connectivity index (χ4n) is 2.85. The van der Waals surface area contributed by atoms with E-state index in [1.54, 1.807) is 23.2 Å². The first-order valence-electron chi connectivity index (χ1n) is 8.68. The van der Waals surface area contributed by atoms with Crippen molar-refractivity contribution in [2.24, 2.45) is 0 Å². The average molecular weight is 354 g/mol. The van der Waals surface area contributed by atoms with Gasteiger partial charge in [-0.1, -0.05) is 42.5 Å². The fraction of sp³-hybridized carbons (Fsp3) is 0.0455. The van der Waals surface area contributed by atoms with Gasteiger partial charge in [0.05, 0.1) is 17.4 Å². The van der Waals surface area contributed by atoms with Crippen LogP contribution in [0, 0.1) is 0 Å². The van der Waals surface area contributed by atoms with E-state index in [0.717, 1.165) is 27.7 Å². The summed E-state index contributed by atoms with van der Waals surface area (Å²) in [5.74, 6) is -0.157. The topological polar surface area (TPSA) is 59.8 Å². The molecule has 0 aliphatic heterocycles. The number of rotatable bonds is 5. The first-order chi connectivity index (χ1) is 13.3. The molecule has 1 amide bonds. The van der Waals surface area contributed by atoms with E-state index in [4.69, 9.17) is 0 Å². The lowest BCUT2D eigenvalue weighted by atomic mass is 10.1. The van der Waals surface area contributed by atoms with Crippen molar-refractivity contribution in [2.45, 2.75) is 6.54 Å². The summed E-state index contributed by atoms with van der Waals surface area (Å²) in [6.07, 6.45) is 8.74. The zero-order chi connectivity index (χ0) is 18.5. The third-order valence-corrected chi connectivity index (χ3v) is 4.20. The molecular formula is C22H18N4O. The van der Waals surface area contributed by atoms with Gasteiger partial charge in [-0.25, -0.2) is 4.68 Å². The number of hydrogen-bond acceptors (Lipinski definition) is 3. The van der Waals surface area contributed by atoms with Gasteiger partial charge in [-0.3, -0.25) is 9.78 Å². The van der Waals surface area contributed by atoms with E-state index in [0.29, 0.717) is 6.54 Å². The molecule has 5 heteroatoms. The van der Waals surface area contributed by atoms with Crippen LogP contribution in [-0.2, 0) is 11.3 Å². The van der Waals surface area contributed by atoms with E-state index in [2.05, 4.69) is 15.4 Å². The lowest BCUT2D eigenvalue weighted by Crippen LogP contribution is -2.19. The molecule has 4 aromatic rings. The summed E-state index contributed by atoms with van der Waals surface area (Å²) in [6, 6.07) is 19.7. The van der Waals surface area contributed by atoms with Gasteiger partial charge in [-0.2, -0.15) is 5.10 Å². The Morgan fingerprint density at radius 3 is 2.78 bits per heavy atom. The molecule has 1 N–H and O–H groups in total. The second-order valence-electron chi connectivity index (χ2n) is 6.10. The number of aromatic nitrogens is 3. The van der Waals surface area contributed by atoms with Crippen LogP contribution in [0.25, 0.3) is 22.7 Å². The van der Waals surface area contributed by atoms with E-state index < -0.39 is 0 Å². The van der Waals surface area contributed by atoms with E-state index in [1.807, 2.05) is 66.9 Å². The molecule has 2 heterocycles. The largest absolute Gasteiger partial charge is 0.348 e. The van der Waals surface area contributed by atoms with Gasteiger partial charge < -0.3 is 5.32 Å². The summed E-state index contributed by atoms with van der Waals surface area (Å²) in [5.41, 5.74) is 3.72. The number of fused-ring (bicyclic) bond motifs is 1. The van der Waals surface area contributed by atoms with Crippen molar-refractivity contribution in [1.82, 2.24) is 20.1 Å². The maximum Gasteiger partial charge on any atom is 0.244 e. The lowest BCUT2D eigenvalue weighted by Gasteiger charge is -2.02. The molecule has 5 nitrogen and oxygen atoms in total. The van der Waals surface area contributed by atoms with Crippen LogP contribution in [0.5, 0.6) is 0 Å². The number of benzene rings is 2. The van der Waals surface area contributed by atoms with Crippen LogP contribution >= 0.6 is 0 Å². The highest BCUT2D eigenvalue weighted by molar-refractivity contribution is 5.95. The van der Waals surface area contributed by atoms with Gasteiger partial charge in [-0.15, -0.1) is 0 Å². The monoisotopic (exact) mass is 354 g/mol. The minimum atomic E-state index is -0.157. The minimum absolute atomic E-state index is 0.157. The van der Waals surface area contributed by atoms with Crippen molar-refractivity contribution in [3.63, 3.8) is 0 Å². The Morgan fingerprint density at radius 1 is 1.04 bits per heavy atom. The Balaban J connectivity index is 1.40. The van der Waals surface area contributed by atoms with Crippen molar-refractivity contribution < 1.29 is 4.79 Å². The number of carbonyl (C=O) groups is 1. The van der Waals surface area contributed by atoms with Crippen LogP contribution in [-0.4, -0.2) is 20.7 Å². The molecule has 0 aliphatic carbocycles. The number of pyridine rings is 1. The fourth-order valence-corrected chi connectivity index (χ4v) is 2.85. The van der Waals surface area contributed by atoms with Crippen molar-refractivity contribution in [1.29, 1.82) is 0 Å². The molecule has 27 heavy (non-hydrogen) atoms. The molecule has 0 radical (unpaired) electrons. The van der Waals surface area contributed by atoms with E-state index >= 15 is 0 Å². The van der Waals surface area contributed by atoms with Crippen LogP contribution in [0.1, 0.15) is 11.1 Å². The highest BCUT2D eigenvalue weighted by atomic mass is 16.1. The summed E-state index contributed by atoms with van der Waals surface area (Å²) in [4.78, 5) is 16.5. The summed E-state index contributed by atoms with van der Waals surface area (Å²) in [6.45, 7) is 0.420. The minimum Gasteiger partial charge on any atom is -0.348 e. The molecule has 2 aromatic carbocycles. The predicted molar refractivity (Wildman–Crippen MR) is 106 cm³/mol. The normalized spacial score (nSPS) is 11.1. The quantitative estimate of drug-likeness (QED) is 0.555. The van der Waals surface area contributed by atoms with Gasteiger partial charge in [0.15, 0.2) is 0 Å². The summed E-state index contributed by atoms with van der Waals surface area (Å²) in [5, 5.41) is 8.26. The molecule has 0 saturated carbocycles. The first kappa shape index (κ1) is 16.7. The molecule has 0 bridgehead atoms. The third-order valence-electron chi connectivity index (χ3n) is 4.20. The number of nitrogens with zero attached hydrogens (tertiary/aromatic N) is 3. The standard InChI is InChI=1S/C22H18N4O/c27-21(12-11-19-7-4-6-18-8-5-13-23-22(18)19)24-14-17-15-25-26(16-17)20-9-2-1-3-10-20/h1-13,15-16H,14H2,(H,24,27)/b12-11+. The number of nitrogens with one attached hydrogen (secondary N) is 1. The zero-order valence-electron chi connectivity index (χ0n) is 14.6. The van der Waals surface area contributed by atoms with Crippen LogP contribution in [0.3, 0.4) is 0 Å². The Bertz CT molecular complexity index is 1090. The highest BCUT2D eigenvalue weighted by Crippen LogP contribution is 2.17. The summed E-state index contributed by atoms with van der Waals surface area (Å²) in [7, 11) is 0. The van der Waals surface area contributed by atoms with Crippen LogP contribution in [0.2, 0.25) is 0 Å². The Hall–Kier alpha value is -3.73. The van der Waals surface area contributed by atoms with Gasteiger partial charge in [-0.05, 0) is 24.3 Å². The number of para-hydroxylation sites is 2. The van der Waals surface area contributed by atoms with Crippen molar-refractivity contribution in [3.8, 4) is 5.69 Å². The van der Waals surface area contributed by atoms with Crippen molar-refractivity contribution >= 4 is 22.9 Å². The lowest BCUT2D eigenvalue weighted by molar-refractivity contribution is -0.116. The molecule has 132 valence electrons. The average Bonchev–Trinajstić information content (AvgIpc) is 3.20. The van der Waals surface area contributed by atoms with Crippen molar-refractivity contribution in [2.75, 3.05) is 0 Å². The molecule has 0 atom stereocenters. The Kier molecular flexibility index (Phi) is 4.74. The van der Waals surface area contributed by atoms with Gasteiger partial charge in [0.2, 0.25) is 5.91 Å². The van der Waals surface area contributed by atoms with Gasteiger partial charge in [0, 0.05) is 41.5 Å².